The van der Waals surface area contributed by atoms with Crippen molar-refractivity contribution < 1.29 is 22.8 Å². The first-order valence-corrected chi connectivity index (χ1v) is 21.6. The zero-order valence-corrected chi connectivity index (χ0v) is 34.3. The molecule has 0 aliphatic carbocycles. The average Bonchev–Trinajstić information content (AvgIpc) is 3.57. The Morgan fingerprint density at radius 2 is 1.42 bits per heavy atom. The summed E-state index contributed by atoms with van der Waals surface area (Å²) in [5.41, 5.74) is 7.57. The molecule has 0 aliphatic rings. The normalized spacial score (nSPS) is 12.3. The maximum atomic E-state index is 8.40. The van der Waals surface area contributed by atoms with E-state index in [1.807, 2.05) is 59.9 Å². The molecule has 0 spiro atoms. The second kappa shape index (κ2) is 16.0. The minimum absolute atomic E-state index is 0. The van der Waals surface area contributed by atoms with E-state index in [4.69, 9.17) is 7.73 Å². The molecule has 1 radical (unpaired) electrons. The number of aromatic nitrogens is 2. The van der Waals surface area contributed by atoms with Gasteiger partial charge in [0.2, 0.25) is 0 Å². The van der Waals surface area contributed by atoms with Crippen LogP contribution in [-0.4, -0.2) is 18.0 Å². The van der Waals surface area contributed by atoms with E-state index in [-0.39, 0.29) is 25.5 Å². The van der Waals surface area contributed by atoms with E-state index in [2.05, 4.69) is 124 Å². The van der Waals surface area contributed by atoms with E-state index in [0.29, 0.717) is 11.1 Å². The fourth-order valence-corrected chi connectivity index (χ4v) is 8.51. The molecule has 8 rings (SSSR count). The molecular formula is C47H42IrN2SSi-2. The van der Waals surface area contributed by atoms with Crippen molar-refractivity contribution in [2.45, 2.75) is 45.3 Å². The standard InChI is InChI=1S/C29H28NSSi.C18H14N.Ir/c1-29(2,20-10-7-6-8-11-20)21-14-16-23-24-12-9-13-25(28(24)31-27(23)18-21)26-17-15-22(19-30-26)32(3,4)5;1-3-7-15(8-4-1)13-16-11-12-19-18(14-16)17-9-5-2-6-10-17;/h6-12,14-19H,1-5H3;1-9,11-12,14H,13H2;/q2*-1;/i;13D2;. The fraction of sp³-hybridized carbons (Fsp3) is 0.149. The second-order valence-electron chi connectivity index (χ2n) is 14.3. The Hall–Kier alpha value is -4.51. The molecule has 0 fully saturated rings. The number of nitrogens with zero attached hydrogens (tertiary/aromatic N) is 2. The average molecular weight is 889 g/mol. The molecule has 3 aromatic heterocycles. The SMILES string of the molecule is CC(C)(c1ccccc1)c1ccc2c(c1)sc1c(-c3ccc([Si](C)(C)C)cn3)[c-]ccc12.[2H]C([2H])(c1ccccc1)c1ccnc(-c2[c-]cccc2)c1.[Ir]. The zero-order chi connectivity index (χ0) is 37.2. The van der Waals surface area contributed by atoms with Crippen LogP contribution in [0.25, 0.3) is 42.7 Å². The second-order valence-corrected chi connectivity index (χ2v) is 20.4. The van der Waals surface area contributed by atoms with Crippen LogP contribution in [0, 0.1) is 12.1 Å². The predicted molar refractivity (Wildman–Crippen MR) is 221 cm³/mol. The van der Waals surface area contributed by atoms with E-state index >= 15 is 0 Å². The molecule has 2 nitrogen and oxygen atoms in total. The van der Waals surface area contributed by atoms with Crippen molar-refractivity contribution in [2.75, 3.05) is 0 Å². The minimum atomic E-state index is -1.55. The molecule has 261 valence electrons. The molecule has 0 unspecified atom stereocenters. The first-order valence-electron chi connectivity index (χ1n) is 18.3. The van der Waals surface area contributed by atoms with Crippen molar-refractivity contribution in [1.29, 1.82) is 0 Å². The molecule has 5 aromatic carbocycles. The molecule has 3 heterocycles. The van der Waals surface area contributed by atoms with Crippen molar-refractivity contribution in [3.8, 4) is 22.5 Å². The summed E-state index contributed by atoms with van der Waals surface area (Å²) in [5.74, 6) is 0. The van der Waals surface area contributed by atoms with Crippen LogP contribution in [0.2, 0.25) is 19.6 Å². The van der Waals surface area contributed by atoms with E-state index in [1.165, 1.54) is 36.5 Å². The van der Waals surface area contributed by atoms with Gasteiger partial charge < -0.3 is 9.97 Å². The van der Waals surface area contributed by atoms with Gasteiger partial charge in [-0.1, -0.05) is 130 Å². The van der Waals surface area contributed by atoms with Crippen LogP contribution in [-0.2, 0) is 31.9 Å². The van der Waals surface area contributed by atoms with Gasteiger partial charge in [0.25, 0.3) is 0 Å². The summed E-state index contributed by atoms with van der Waals surface area (Å²) in [6, 6.07) is 53.2. The van der Waals surface area contributed by atoms with Gasteiger partial charge in [-0.2, -0.15) is 11.3 Å². The summed E-state index contributed by atoms with van der Waals surface area (Å²) in [7, 11) is -1.36. The third kappa shape index (κ3) is 8.25. The van der Waals surface area contributed by atoms with Crippen LogP contribution in [0.1, 0.15) is 38.8 Å². The van der Waals surface area contributed by atoms with Crippen LogP contribution >= 0.6 is 11.3 Å². The van der Waals surface area contributed by atoms with Gasteiger partial charge in [0.15, 0.2) is 0 Å². The minimum Gasteiger partial charge on any atom is -0.305 e. The molecule has 52 heavy (non-hydrogen) atoms. The van der Waals surface area contributed by atoms with E-state index in [0.717, 1.165) is 22.5 Å². The molecule has 8 aromatic rings. The van der Waals surface area contributed by atoms with E-state index < -0.39 is 14.4 Å². The Morgan fingerprint density at radius 3 is 2.12 bits per heavy atom. The van der Waals surface area contributed by atoms with Gasteiger partial charge in [-0.3, -0.25) is 0 Å². The Labute approximate surface area is 329 Å². The van der Waals surface area contributed by atoms with Gasteiger partial charge in [-0.15, -0.1) is 59.7 Å². The first kappa shape index (κ1) is 34.6. The maximum absolute atomic E-state index is 8.40. The van der Waals surface area contributed by atoms with Crippen molar-refractivity contribution in [1.82, 2.24) is 9.97 Å². The Morgan fingerprint density at radius 1 is 0.673 bits per heavy atom. The third-order valence-electron chi connectivity index (χ3n) is 9.34. The largest absolute Gasteiger partial charge is 0.305 e. The van der Waals surface area contributed by atoms with Crippen molar-refractivity contribution in [3.63, 3.8) is 0 Å². The fourth-order valence-electron chi connectivity index (χ4n) is 6.22. The topological polar surface area (TPSA) is 25.8 Å². The van der Waals surface area contributed by atoms with Gasteiger partial charge in [0, 0.05) is 45.4 Å². The van der Waals surface area contributed by atoms with Gasteiger partial charge in [-0.05, 0) is 67.4 Å². The molecule has 5 heteroatoms. The number of rotatable bonds is 7. The quantitative estimate of drug-likeness (QED) is 0.118. The predicted octanol–water partition coefficient (Wildman–Crippen LogP) is 11.9. The summed E-state index contributed by atoms with van der Waals surface area (Å²) in [4.78, 5) is 9.16. The molecule has 0 amide bonds. The maximum Gasteiger partial charge on any atom is 0.0795 e. The molecule has 0 bridgehead atoms. The van der Waals surface area contributed by atoms with Crippen LogP contribution in [0.5, 0.6) is 0 Å². The summed E-state index contributed by atoms with van der Waals surface area (Å²) in [5, 5.41) is 3.99. The molecule has 0 saturated carbocycles. The zero-order valence-electron chi connectivity index (χ0n) is 32.1. The van der Waals surface area contributed by atoms with Gasteiger partial charge in [0.1, 0.15) is 0 Å². The number of hydrogen-bond acceptors (Lipinski definition) is 3. The van der Waals surface area contributed by atoms with Gasteiger partial charge in [-0.25, -0.2) is 0 Å². The van der Waals surface area contributed by atoms with Crippen molar-refractivity contribution in [2.24, 2.45) is 0 Å². The number of fused-ring (bicyclic) bond motifs is 3. The Kier molecular flexibility index (Phi) is 10.6. The number of thiophene rings is 1. The summed E-state index contributed by atoms with van der Waals surface area (Å²) >= 11 is 1.86. The van der Waals surface area contributed by atoms with Gasteiger partial charge in [0.05, 0.1) is 8.07 Å². The molecule has 0 atom stereocenters. The first-order chi connectivity index (χ1) is 25.4. The molecule has 0 aliphatic heterocycles. The summed E-state index contributed by atoms with van der Waals surface area (Å²) < 4.78 is 19.4. The summed E-state index contributed by atoms with van der Waals surface area (Å²) in [6.07, 6.45) is 2.17. The van der Waals surface area contributed by atoms with Crippen LogP contribution < -0.4 is 5.19 Å². The van der Waals surface area contributed by atoms with Crippen LogP contribution in [0.4, 0.5) is 0 Å². The monoisotopic (exact) mass is 889 g/mol. The van der Waals surface area contributed by atoms with E-state index in [9.17, 15) is 0 Å². The Bertz CT molecular complexity index is 2480. The Balaban J connectivity index is 0.000000197. The van der Waals surface area contributed by atoms with Crippen molar-refractivity contribution in [3.05, 3.63) is 186 Å². The van der Waals surface area contributed by atoms with Crippen molar-refractivity contribution >= 4 is 44.8 Å². The molecule has 0 N–H and O–H groups in total. The number of benzene rings is 5. The van der Waals surface area contributed by atoms with Gasteiger partial charge >= 0.3 is 0 Å². The molecule has 0 saturated heterocycles. The summed E-state index contributed by atoms with van der Waals surface area (Å²) in [6.45, 7) is 11.7. The number of pyridine rings is 2. The van der Waals surface area contributed by atoms with E-state index in [1.54, 1.807) is 30.5 Å². The third-order valence-corrected chi connectivity index (χ3v) is 12.6. The van der Waals surface area contributed by atoms with Crippen LogP contribution in [0.15, 0.2) is 152 Å². The van der Waals surface area contributed by atoms with Crippen LogP contribution in [0.3, 0.4) is 0 Å². The smallest absolute Gasteiger partial charge is 0.0795 e. The number of hydrogen-bond donors (Lipinski definition) is 0. The molecular weight excluding hydrogens is 845 g/mol.